The lowest BCUT2D eigenvalue weighted by Crippen LogP contribution is -2.43. The number of rotatable bonds is 3. The second kappa shape index (κ2) is 6.04. The van der Waals surface area contributed by atoms with Crippen LogP contribution in [0.3, 0.4) is 0 Å². The third-order valence-corrected chi connectivity index (χ3v) is 3.48. The number of anilines is 1. The summed E-state index contributed by atoms with van der Waals surface area (Å²) >= 11 is 0. The van der Waals surface area contributed by atoms with Crippen molar-refractivity contribution in [1.82, 2.24) is 4.90 Å². The van der Waals surface area contributed by atoms with Crippen LogP contribution >= 0.6 is 0 Å². The van der Waals surface area contributed by atoms with Crippen molar-refractivity contribution >= 4 is 11.6 Å². The predicted octanol–water partition coefficient (Wildman–Crippen LogP) is 1.06. The first-order valence-corrected chi connectivity index (χ1v) is 6.62. The van der Waals surface area contributed by atoms with E-state index in [1.54, 1.807) is 18.2 Å². The molecular weight excluding hydrogens is 242 g/mol. The van der Waals surface area contributed by atoms with Gasteiger partial charge in [0.05, 0.1) is 6.54 Å². The number of phenols is 1. The zero-order valence-corrected chi connectivity index (χ0v) is 11.2. The summed E-state index contributed by atoms with van der Waals surface area (Å²) in [4.78, 5) is 14.1. The van der Waals surface area contributed by atoms with Crippen LogP contribution < -0.4 is 11.1 Å². The zero-order chi connectivity index (χ0) is 13.8. The highest BCUT2D eigenvalue weighted by Gasteiger charge is 2.18. The molecule has 1 saturated heterocycles. The third-order valence-electron chi connectivity index (χ3n) is 3.48. The van der Waals surface area contributed by atoms with Crippen molar-refractivity contribution in [3.8, 4) is 5.75 Å². The van der Waals surface area contributed by atoms with Gasteiger partial charge >= 0.3 is 0 Å². The highest BCUT2D eigenvalue weighted by Crippen LogP contribution is 2.20. The zero-order valence-electron chi connectivity index (χ0n) is 11.2. The van der Waals surface area contributed by atoms with Crippen LogP contribution in [0.5, 0.6) is 5.75 Å². The molecule has 0 radical (unpaired) electrons. The maximum atomic E-state index is 12.0. The molecule has 1 aliphatic heterocycles. The van der Waals surface area contributed by atoms with Crippen molar-refractivity contribution < 1.29 is 9.90 Å². The van der Waals surface area contributed by atoms with Gasteiger partial charge in [0.25, 0.3) is 0 Å². The average molecular weight is 263 g/mol. The van der Waals surface area contributed by atoms with Crippen LogP contribution in [0, 0.1) is 6.92 Å². The Morgan fingerprint density at radius 1 is 1.47 bits per heavy atom. The van der Waals surface area contributed by atoms with Crippen molar-refractivity contribution in [2.75, 3.05) is 25.0 Å². The summed E-state index contributed by atoms with van der Waals surface area (Å²) in [6.45, 7) is 4.01. The summed E-state index contributed by atoms with van der Waals surface area (Å²) < 4.78 is 0. The molecule has 104 valence electrons. The Bertz CT molecular complexity index is 454. The van der Waals surface area contributed by atoms with Crippen LogP contribution in [0.1, 0.15) is 18.4 Å². The molecule has 0 spiro atoms. The highest BCUT2D eigenvalue weighted by molar-refractivity contribution is 5.93. The summed E-state index contributed by atoms with van der Waals surface area (Å²) in [6, 6.07) is 5.20. The molecule has 0 aliphatic carbocycles. The number of aryl methyl sites for hydroxylation is 1. The number of phenolic OH excluding ortho intramolecular Hbond substituents is 1. The molecule has 0 saturated carbocycles. The van der Waals surface area contributed by atoms with Crippen LogP contribution in [-0.4, -0.2) is 41.6 Å². The van der Waals surface area contributed by atoms with Crippen molar-refractivity contribution in [2.24, 2.45) is 5.73 Å². The van der Waals surface area contributed by atoms with Crippen molar-refractivity contribution in [3.63, 3.8) is 0 Å². The molecule has 1 aromatic carbocycles. The normalized spacial score (nSPS) is 17.4. The van der Waals surface area contributed by atoms with E-state index in [-0.39, 0.29) is 17.7 Å². The number of benzene rings is 1. The Hall–Kier alpha value is -1.59. The summed E-state index contributed by atoms with van der Waals surface area (Å²) in [5.74, 6) is 0.185. The fourth-order valence-corrected chi connectivity index (χ4v) is 2.29. The van der Waals surface area contributed by atoms with E-state index in [1.807, 2.05) is 6.92 Å². The van der Waals surface area contributed by atoms with Gasteiger partial charge in [0.2, 0.25) is 5.91 Å². The summed E-state index contributed by atoms with van der Waals surface area (Å²) in [5.41, 5.74) is 7.44. The van der Waals surface area contributed by atoms with Crippen LogP contribution in [0.25, 0.3) is 0 Å². The summed E-state index contributed by atoms with van der Waals surface area (Å²) in [6.07, 6.45) is 1.90. The second-order valence-corrected chi connectivity index (χ2v) is 5.16. The van der Waals surface area contributed by atoms with E-state index >= 15 is 0 Å². The Balaban J connectivity index is 1.87. The monoisotopic (exact) mass is 263 g/mol. The number of hydrogen-bond donors (Lipinski definition) is 3. The van der Waals surface area contributed by atoms with Gasteiger partial charge in [0.1, 0.15) is 5.75 Å². The van der Waals surface area contributed by atoms with Gasteiger partial charge in [-0.3, -0.25) is 9.69 Å². The molecule has 1 aromatic rings. The SMILES string of the molecule is Cc1cc(O)ccc1NC(=O)CN1CCC(N)CC1. The smallest absolute Gasteiger partial charge is 0.238 e. The Morgan fingerprint density at radius 2 is 2.16 bits per heavy atom. The van der Waals surface area contributed by atoms with Crippen molar-refractivity contribution in [3.05, 3.63) is 23.8 Å². The molecule has 0 aromatic heterocycles. The third kappa shape index (κ3) is 3.94. The van der Waals surface area contributed by atoms with E-state index in [9.17, 15) is 9.90 Å². The summed E-state index contributed by atoms with van der Waals surface area (Å²) in [7, 11) is 0. The van der Waals surface area contributed by atoms with Gasteiger partial charge in [-0.15, -0.1) is 0 Å². The number of nitrogens with zero attached hydrogens (tertiary/aromatic N) is 1. The number of piperidine rings is 1. The van der Waals surface area contributed by atoms with E-state index in [0.29, 0.717) is 6.54 Å². The Kier molecular flexibility index (Phi) is 4.39. The molecular formula is C14H21N3O2. The number of hydrogen-bond acceptors (Lipinski definition) is 4. The molecule has 1 fully saturated rings. The fourth-order valence-electron chi connectivity index (χ4n) is 2.29. The van der Waals surface area contributed by atoms with Gasteiger partial charge in [-0.25, -0.2) is 0 Å². The van der Waals surface area contributed by atoms with Crippen LogP contribution in [0.2, 0.25) is 0 Å². The predicted molar refractivity (Wildman–Crippen MR) is 75.1 cm³/mol. The molecule has 0 atom stereocenters. The maximum absolute atomic E-state index is 12.0. The molecule has 5 nitrogen and oxygen atoms in total. The van der Waals surface area contributed by atoms with Crippen LogP contribution in [0.4, 0.5) is 5.69 Å². The maximum Gasteiger partial charge on any atom is 0.238 e. The van der Waals surface area contributed by atoms with Gasteiger partial charge in [0, 0.05) is 24.8 Å². The van der Waals surface area contributed by atoms with Crippen molar-refractivity contribution in [1.29, 1.82) is 0 Å². The van der Waals surface area contributed by atoms with E-state index < -0.39 is 0 Å². The summed E-state index contributed by atoms with van der Waals surface area (Å²) in [5, 5.41) is 12.2. The molecule has 1 aliphatic rings. The molecule has 0 unspecified atom stereocenters. The van der Waals surface area contributed by atoms with Gasteiger partial charge in [0.15, 0.2) is 0 Å². The molecule has 4 N–H and O–H groups in total. The Morgan fingerprint density at radius 3 is 2.79 bits per heavy atom. The number of carbonyl (C=O) groups excluding carboxylic acids is 1. The largest absolute Gasteiger partial charge is 0.508 e. The average Bonchev–Trinajstić information content (AvgIpc) is 2.36. The fraction of sp³-hybridized carbons (Fsp3) is 0.500. The lowest BCUT2D eigenvalue weighted by molar-refractivity contribution is -0.117. The molecule has 19 heavy (non-hydrogen) atoms. The highest BCUT2D eigenvalue weighted by atomic mass is 16.3. The number of nitrogens with two attached hydrogens (primary N) is 1. The van der Waals surface area contributed by atoms with E-state index in [1.165, 1.54) is 0 Å². The first-order valence-electron chi connectivity index (χ1n) is 6.62. The van der Waals surface area contributed by atoms with Crippen LogP contribution in [-0.2, 0) is 4.79 Å². The van der Waals surface area contributed by atoms with Gasteiger partial charge in [-0.05, 0) is 43.5 Å². The van der Waals surface area contributed by atoms with Crippen LogP contribution in [0.15, 0.2) is 18.2 Å². The minimum absolute atomic E-state index is 0.0238. The van der Waals surface area contributed by atoms with Gasteiger partial charge < -0.3 is 16.2 Å². The molecule has 1 amide bonds. The lowest BCUT2D eigenvalue weighted by Gasteiger charge is -2.29. The lowest BCUT2D eigenvalue weighted by atomic mass is 10.1. The minimum atomic E-state index is -0.0238. The van der Waals surface area contributed by atoms with Gasteiger partial charge in [-0.2, -0.15) is 0 Å². The van der Waals surface area contributed by atoms with Gasteiger partial charge in [-0.1, -0.05) is 0 Å². The van der Waals surface area contributed by atoms with E-state index in [2.05, 4.69) is 10.2 Å². The minimum Gasteiger partial charge on any atom is -0.508 e. The first kappa shape index (κ1) is 13.8. The standard InChI is InChI=1S/C14H21N3O2/c1-10-8-12(18)2-3-13(10)16-14(19)9-17-6-4-11(15)5-7-17/h2-3,8,11,18H,4-7,9,15H2,1H3,(H,16,19). The molecule has 2 rings (SSSR count). The van der Waals surface area contributed by atoms with E-state index in [4.69, 9.17) is 5.73 Å². The Labute approximate surface area is 113 Å². The second-order valence-electron chi connectivity index (χ2n) is 5.16. The number of likely N-dealkylation sites (tertiary alicyclic amines) is 1. The molecule has 0 bridgehead atoms. The topological polar surface area (TPSA) is 78.6 Å². The van der Waals surface area contributed by atoms with E-state index in [0.717, 1.165) is 37.2 Å². The first-order chi connectivity index (χ1) is 9.04. The number of nitrogens with one attached hydrogen (secondary N) is 1. The number of aromatic hydroxyl groups is 1. The number of amides is 1. The molecule has 1 heterocycles. The quantitative estimate of drug-likeness (QED) is 0.713. The molecule has 5 heteroatoms. The van der Waals surface area contributed by atoms with Crippen molar-refractivity contribution in [2.45, 2.75) is 25.8 Å². The number of carbonyl (C=O) groups is 1.